The number of hydrogen-bond donors (Lipinski definition) is 0. The van der Waals surface area contributed by atoms with Crippen molar-refractivity contribution in [1.29, 1.82) is 0 Å². The zero-order chi connectivity index (χ0) is 12.7. The van der Waals surface area contributed by atoms with Gasteiger partial charge >= 0.3 is 0 Å². The Kier molecular flexibility index (Phi) is 6.70. The van der Waals surface area contributed by atoms with Crippen LogP contribution in [0.2, 0.25) is 0 Å². The Balaban J connectivity index is 2.62. The highest BCUT2D eigenvalue weighted by Gasteiger charge is 2.30. The summed E-state index contributed by atoms with van der Waals surface area (Å²) in [5, 5.41) is 0. The largest absolute Gasteiger partial charge is 0.383 e. The molecule has 0 spiro atoms. The van der Waals surface area contributed by atoms with Gasteiger partial charge in [0.25, 0.3) is 0 Å². The van der Waals surface area contributed by atoms with Crippen LogP contribution < -0.4 is 0 Å². The Bertz CT molecular complexity index is 233. The summed E-state index contributed by atoms with van der Waals surface area (Å²) in [5.41, 5.74) is 0. The van der Waals surface area contributed by atoms with E-state index in [-0.39, 0.29) is 12.1 Å². The fourth-order valence-electron chi connectivity index (χ4n) is 2.53. The lowest BCUT2D eigenvalue weighted by atomic mass is 9.92. The van der Waals surface area contributed by atoms with Crippen LogP contribution in [0.4, 0.5) is 0 Å². The van der Waals surface area contributed by atoms with Gasteiger partial charge in [0.15, 0.2) is 0 Å². The number of rotatable bonds is 7. The predicted octanol–water partition coefficient (Wildman–Crippen LogP) is 1.48. The second kappa shape index (κ2) is 7.80. The molecule has 0 aromatic heterocycles. The number of ketones is 1. The van der Waals surface area contributed by atoms with Gasteiger partial charge in [0.05, 0.1) is 19.3 Å². The van der Waals surface area contributed by atoms with Crippen LogP contribution in [0, 0.1) is 0 Å². The third-order valence-corrected chi connectivity index (χ3v) is 3.45. The Hall–Kier alpha value is -0.450. The molecule has 1 saturated carbocycles. The Labute approximate surface area is 104 Å². The van der Waals surface area contributed by atoms with Gasteiger partial charge in [0.1, 0.15) is 5.78 Å². The minimum atomic E-state index is 0.0732. The minimum Gasteiger partial charge on any atom is -0.383 e. The molecule has 0 radical (unpaired) electrons. The third-order valence-electron chi connectivity index (χ3n) is 3.45. The summed E-state index contributed by atoms with van der Waals surface area (Å²) in [6.45, 7) is 4.24. The molecular weight excluding hydrogens is 218 g/mol. The van der Waals surface area contributed by atoms with Crippen molar-refractivity contribution in [1.82, 2.24) is 4.90 Å². The summed E-state index contributed by atoms with van der Waals surface area (Å²) < 4.78 is 10.3. The molecule has 0 saturated heterocycles. The van der Waals surface area contributed by atoms with E-state index in [0.717, 1.165) is 32.2 Å². The fraction of sp³-hybridized carbons (Fsp3) is 0.923. The average Bonchev–Trinajstić information content (AvgIpc) is 2.32. The van der Waals surface area contributed by atoms with Crippen molar-refractivity contribution in [3.63, 3.8) is 0 Å². The monoisotopic (exact) mass is 243 g/mol. The molecule has 1 aliphatic carbocycles. The van der Waals surface area contributed by atoms with E-state index >= 15 is 0 Å². The maximum absolute atomic E-state index is 12.0. The van der Waals surface area contributed by atoms with Gasteiger partial charge in [-0.25, -0.2) is 0 Å². The molecular formula is C13H25NO3. The summed E-state index contributed by atoms with van der Waals surface area (Å²) >= 11 is 0. The SMILES string of the molecule is COCCN(C(C)COC)C1CCCCC1=O. The number of Topliss-reactive ketones (excluding diaryl/α,β-unsaturated/α-hetero) is 1. The smallest absolute Gasteiger partial charge is 0.149 e. The van der Waals surface area contributed by atoms with Crippen LogP contribution in [0.5, 0.6) is 0 Å². The number of hydrogen-bond acceptors (Lipinski definition) is 4. The molecule has 1 fully saturated rings. The maximum atomic E-state index is 12.0. The quantitative estimate of drug-likeness (QED) is 0.679. The van der Waals surface area contributed by atoms with Gasteiger partial charge < -0.3 is 9.47 Å². The first kappa shape index (κ1) is 14.6. The molecule has 2 unspecified atom stereocenters. The van der Waals surface area contributed by atoms with Gasteiger partial charge in [-0.05, 0) is 19.8 Å². The van der Waals surface area contributed by atoms with Crippen molar-refractivity contribution < 1.29 is 14.3 Å². The first-order valence-corrected chi connectivity index (χ1v) is 6.47. The van der Waals surface area contributed by atoms with Crippen molar-refractivity contribution >= 4 is 5.78 Å². The van der Waals surface area contributed by atoms with Crippen molar-refractivity contribution in [2.45, 2.75) is 44.7 Å². The van der Waals surface area contributed by atoms with E-state index in [4.69, 9.17) is 9.47 Å². The molecule has 0 aromatic rings. The van der Waals surface area contributed by atoms with Gasteiger partial charge in [-0.15, -0.1) is 0 Å². The second-order valence-electron chi connectivity index (χ2n) is 4.76. The zero-order valence-electron chi connectivity index (χ0n) is 11.3. The van der Waals surface area contributed by atoms with Crippen LogP contribution in [-0.2, 0) is 14.3 Å². The van der Waals surface area contributed by atoms with Crippen LogP contribution in [-0.4, -0.2) is 56.7 Å². The molecule has 4 heteroatoms. The molecule has 0 amide bonds. The van der Waals surface area contributed by atoms with Gasteiger partial charge in [-0.2, -0.15) is 0 Å². The lowest BCUT2D eigenvalue weighted by molar-refractivity contribution is -0.128. The summed E-state index contributed by atoms with van der Waals surface area (Å²) in [4.78, 5) is 14.2. The van der Waals surface area contributed by atoms with Crippen molar-refractivity contribution in [2.24, 2.45) is 0 Å². The van der Waals surface area contributed by atoms with Gasteiger partial charge in [-0.3, -0.25) is 9.69 Å². The van der Waals surface area contributed by atoms with Crippen LogP contribution in [0.25, 0.3) is 0 Å². The van der Waals surface area contributed by atoms with Crippen molar-refractivity contribution in [3.8, 4) is 0 Å². The normalized spacial score (nSPS) is 23.1. The maximum Gasteiger partial charge on any atom is 0.149 e. The van der Waals surface area contributed by atoms with E-state index < -0.39 is 0 Å². The Morgan fingerprint density at radius 3 is 2.71 bits per heavy atom. The summed E-state index contributed by atoms with van der Waals surface area (Å²) in [6, 6.07) is 0.339. The first-order chi connectivity index (χ1) is 8.20. The number of methoxy groups -OCH3 is 2. The van der Waals surface area contributed by atoms with Crippen LogP contribution in [0.15, 0.2) is 0 Å². The highest BCUT2D eigenvalue weighted by atomic mass is 16.5. The molecule has 1 rings (SSSR count). The fourth-order valence-corrected chi connectivity index (χ4v) is 2.53. The molecule has 100 valence electrons. The van der Waals surface area contributed by atoms with Gasteiger partial charge in [-0.1, -0.05) is 6.42 Å². The second-order valence-corrected chi connectivity index (χ2v) is 4.76. The van der Waals surface area contributed by atoms with Crippen molar-refractivity contribution in [3.05, 3.63) is 0 Å². The van der Waals surface area contributed by atoms with Gasteiger partial charge in [0, 0.05) is 33.2 Å². The molecule has 4 nitrogen and oxygen atoms in total. The Morgan fingerprint density at radius 1 is 1.35 bits per heavy atom. The van der Waals surface area contributed by atoms with E-state index in [2.05, 4.69) is 11.8 Å². The number of nitrogens with zero attached hydrogens (tertiary/aromatic N) is 1. The average molecular weight is 243 g/mol. The van der Waals surface area contributed by atoms with Gasteiger partial charge in [0.2, 0.25) is 0 Å². The molecule has 0 N–H and O–H groups in total. The number of ether oxygens (including phenoxy) is 2. The van der Waals surface area contributed by atoms with E-state index in [9.17, 15) is 4.79 Å². The topological polar surface area (TPSA) is 38.8 Å². The molecule has 2 atom stereocenters. The molecule has 0 aromatic carbocycles. The Morgan fingerprint density at radius 2 is 2.12 bits per heavy atom. The highest BCUT2D eigenvalue weighted by Crippen LogP contribution is 2.21. The summed E-state index contributed by atoms with van der Waals surface area (Å²) in [5.74, 6) is 0.385. The first-order valence-electron chi connectivity index (χ1n) is 6.47. The van der Waals surface area contributed by atoms with E-state index in [1.165, 1.54) is 0 Å². The zero-order valence-corrected chi connectivity index (χ0v) is 11.3. The van der Waals surface area contributed by atoms with Crippen molar-refractivity contribution in [2.75, 3.05) is 34.0 Å². The molecule has 0 aliphatic heterocycles. The summed E-state index contributed by atoms with van der Waals surface area (Å²) in [6.07, 6.45) is 3.91. The van der Waals surface area contributed by atoms with Crippen LogP contribution in [0.1, 0.15) is 32.6 Å². The molecule has 0 bridgehead atoms. The molecule has 1 aliphatic rings. The lowest BCUT2D eigenvalue weighted by Gasteiger charge is -2.37. The summed E-state index contributed by atoms with van der Waals surface area (Å²) in [7, 11) is 3.40. The van der Waals surface area contributed by atoms with E-state index in [1.807, 2.05) is 0 Å². The predicted molar refractivity (Wildman–Crippen MR) is 67.2 cm³/mol. The molecule has 0 heterocycles. The van der Waals surface area contributed by atoms with Crippen LogP contribution >= 0.6 is 0 Å². The molecule has 17 heavy (non-hydrogen) atoms. The third kappa shape index (κ3) is 4.37. The highest BCUT2D eigenvalue weighted by molar-refractivity contribution is 5.84. The minimum absolute atomic E-state index is 0.0732. The standard InChI is InChI=1S/C13H25NO3/c1-11(10-17-3)14(8-9-16-2)12-6-4-5-7-13(12)15/h11-12H,4-10H2,1-3H3. The number of carbonyl (C=O) groups is 1. The van der Waals surface area contributed by atoms with E-state index in [0.29, 0.717) is 19.0 Å². The van der Waals surface area contributed by atoms with Crippen LogP contribution in [0.3, 0.4) is 0 Å². The number of carbonyl (C=O) groups excluding carboxylic acids is 1. The van der Waals surface area contributed by atoms with E-state index in [1.54, 1.807) is 14.2 Å². The lowest BCUT2D eigenvalue weighted by Crippen LogP contribution is -2.50.